The zero-order valence-electron chi connectivity index (χ0n) is 15.6. The van der Waals surface area contributed by atoms with E-state index in [1.165, 1.54) is 12.2 Å². The van der Waals surface area contributed by atoms with Crippen LogP contribution in [0.3, 0.4) is 0 Å². The van der Waals surface area contributed by atoms with E-state index in [0.29, 0.717) is 30.0 Å². The Morgan fingerprint density at radius 3 is 2.34 bits per heavy atom. The van der Waals surface area contributed by atoms with Crippen LogP contribution in [0.1, 0.15) is 49.7 Å². The van der Waals surface area contributed by atoms with Gasteiger partial charge in [-0.3, -0.25) is 4.79 Å². The summed E-state index contributed by atoms with van der Waals surface area (Å²) in [4.78, 5) is 24.3. The van der Waals surface area contributed by atoms with E-state index in [9.17, 15) is 37.4 Å². The molecule has 0 bridgehead atoms. The van der Waals surface area contributed by atoms with Gasteiger partial charge in [0, 0.05) is 11.5 Å². The van der Waals surface area contributed by atoms with Crippen LogP contribution in [0.4, 0.5) is 17.6 Å². The second-order valence-electron chi connectivity index (χ2n) is 7.82. The molecule has 0 saturated heterocycles. The predicted molar refractivity (Wildman–Crippen MR) is 95.6 cm³/mol. The van der Waals surface area contributed by atoms with E-state index >= 15 is 0 Å². The number of alkyl halides is 3. The SMILES string of the molecule is CC1=CC(CCC2CC2)(C(=O)O)C(c2cc(F)cc(C(F)(F)F)c2)C(C(=O)O)=C1. The van der Waals surface area contributed by atoms with Gasteiger partial charge in [0.15, 0.2) is 0 Å². The topological polar surface area (TPSA) is 74.6 Å². The molecule has 1 fully saturated rings. The number of aliphatic carboxylic acids is 2. The molecule has 4 nitrogen and oxygen atoms in total. The Labute approximate surface area is 164 Å². The minimum Gasteiger partial charge on any atom is -0.481 e. The number of halogens is 4. The molecule has 2 N–H and O–H groups in total. The van der Waals surface area contributed by atoms with Crippen molar-refractivity contribution in [1.29, 1.82) is 0 Å². The summed E-state index contributed by atoms with van der Waals surface area (Å²) in [6, 6.07) is 1.75. The van der Waals surface area contributed by atoms with Crippen molar-refractivity contribution >= 4 is 11.9 Å². The first-order valence-corrected chi connectivity index (χ1v) is 9.19. The lowest BCUT2D eigenvalue weighted by Gasteiger charge is -2.39. The quantitative estimate of drug-likeness (QED) is 0.633. The summed E-state index contributed by atoms with van der Waals surface area (Å²) in [5.74, 6) is -5.12. The highest BCUT2D eigenvalue weighted by Crippen LogP contribution is 2.52. The Balaban J connectivity index is 2.21. The van der Waals surface area contributed by atoms with Crippen LogP contribution in [0.15, 0.2) is 41.5 Å². The average Bonchev–Trinajstić information content (AvgIpc) is 3.42. The van der Waals surface area contributed by atoms with E-state index in [1.807, 2.05) is 0 Å². The van der Waals surface area contributed by atoms with Crippen molar-refractivity contribution in [2.24, 2.45) is 11.3 Å². The molecule has 156 valence electrons. The highest BCUT2D eigenvalue weighted by atomic mass is 19.4. The van der Waals surface area contributed by atoms with Crippen molar-refractivity contribution in [3.05, 3.63) is 58.4 Å². The predicted octanol–water partition coefficient (Wildman–Crippen LogP) is 5.16. The standard InChI is InChI=1S/C21H20F4O4/c1-11-6-16(18(26)27)17(13-7-14(21(23,24)25)9-15(22)8-13)20(10-11,19(28)29)5-4-12-2-3-12/h6-10,12,17H,2-5H2,1H3,(H,26,27)(H,28,29). The lowest BCUT2D eigenvalue weighted by atomic mass is 9.62. The maximum Gasteiger partial charge on any atom is 0.416 e. The summed E-state index contributed by atoms with van der Waals surface area (Å²) in [6.07, 6.45) is 0.199. The normalized spacial score (nSPS) is 24.7. The Morgan fingerprint density at radius 1 is 1.17 bits per heavy atom. The molecule has 0 aliphatic heterocycles. The van der Waals surface area contributed by atoms with Crippen LogP contribution in [-0.2, 0) is 15.8 Å². The minimum absolute atomic E-state index is 0.0531. The first-order chi connectivity index (χ1) is 13.4. The van der Waals surface area contributed by atoms with Gasteiger partial charge in [0.2, 0.25) is 0 Å². The fourth-order valence-electron chi connectivity index (χ4n) is 4.10. The number of carboxylic acids is 2. The van der Waals surface area contributed by atoms with E-state index in [2.05, 4.69) is 0 Å². The number of hydrogen-bond acceptors (Lipinski definition) is 2. The summed E-state index contributed by atoms with van der Waals surface area (Å²) < 4.78 is 53.7. The number of carboxylic acid groups (broad SMARTS) is 2. The molecule has 1 aromatic carbocycles. The van der Waals surface area contributed by atoms with Crippen LogP contribution in [0.5, 0.6) is 0 Å². The number of carbonyl (C=O) groups is 2. The second kappa shape index (κ2) is 7.31. The van der Waals surface area contributed by atoms with Crippen LogP contribution in [-0.4, -0.2) is 22.2 Å². The third-order valence-electron chi connectivity index (χ3n) is 5.58. The van der Waals surface area contributed by atoms with Crippen molar-refractivity contribution in [3.8, 4) is 0 Å². The molecular weight excluding hydrogens is 392 g/mol. The van der Waals surface area contributed by atoms with Gasteiger partial charge in [0.1, 0.15) is 5.82 Å². The largest absolute Gasteiger partial charge is 0.481 e. The molecule has 1 aromatic rings. The van der Waals surface area contributed by atoms with Crippen LogP contribution in [0.2, 0.25) is 0 Å². The maximum absolute atomic E-state index is 14.1. The summed E-state index contributed by atoms with van der Waals surface area (Å²) in [5.41, 5.74) is -3.34. The number of rotatable bonds is 6. The lowest BCUT2D eigenvalue weighted by molar-refractivity contribution is -0.147. The van der Waals surface area contributed by atoms with Gasteiger partial charge < -0.3 is 10.2 Å². The highest BCUT2D eigenvalue weighted by molar-refractivity contribution is 5.93. The molecule has 0 radical (unpaired) electrons. The van der Waals surface area contributed by atoms with Crippen molar-refractivity contribution in [2.45, 2.75) is 44.7 Å². The first-order valence-electron chi connectivity index (χ1n) is 9.19. The molecule has 29 heavy (non-hydrogen) atoms. The van der Waals surface area contributed by atoms with Crippen molar-refractivity contribution in [2.75, 3.05) is 0 Å². The van der Waals surface area contributed by atoms with Gasteiger partial charge in [0.05, 0.1) is 11.0 Å². The van der Waals surface area contributed by atoms with Gasteiger partial charge >= 0.3 is 18.1 Å². The molecule has 8 heteroatoms. The smallest absolute Gasteiger partial charge is 0.416 e. The van der Waals surface area contributed by atoms with Crippen molar-refractivity contribution in [3.63, 3.8) is 0 Å². The Morgan fingerprint density at radius 2 is 1.83 bits per heavy atom. The van der Waals surface area contributed by atoms with Gasteiger partial charge in [-0.2, -0.15) is 13.2 Å². The average molecular weight is 412 g/mol. The van der Waals surface area contributed by atoms with E-state index < -0.39 is 40.8 Å². The van der Waals surface area contributed by atoms with E-state index in [-0.39, 0.29) is 17.6 Å². The Kier molecular flexibility index (Phi) is 5.32. The molecule has 0 spiro atoms. The summed E-state index contributed by atoms with van der Waals surface area (Å²) >= 11 is 0. The number of allylic oxidation sites excluding steroid dienone is 2. The highest BCUT2D eigenvalue weighted by Gasteiger charge is 2.50. The number of benzene rings is 1. The molecule has 0 amide bonds. The van der Waals surface area contributed by atoms with Gasteiger partial charge in [-0.05, 0) is 55.5 Å². The molecule has 2 aliphatic rings. The molecule has 3 rings (SSSR count). The van der Waals surface area contributed by atoms with E-state index in [4.69, 9.17) is 0 Å². The third kappa shape index (κ3) is 4.21. The van der Waals surface area contributed by atoms with Crippen molar-refractivity contribution in [1.82, 2.24) is 0 Å². The van der Waals surface area contributed by atoms with Crippen LogP contribution in [0, 0.1) is 17.2 Å². The van der Waals surface area contributed by atoms with Gasteiger partial charge in [0.25, 0.3) is 0 Å². The fourth-order valence-corrected chi connectivity index (χ4v) is 4.10. The monoisotopic (exact) mass is 412 g/mol. The Bertz CT molecular complexity index is 912. The molecule has 2 unspecified atom stereocenters. The van der Waals surface area contributed by atoms with E-state index in [0.717, 1.165) is 18.9 Å². The zero-order valence-corrected chi connectivity index (χ0v) is 15.6. The number of hydrogen-bond donors (Lipinski definition) is 2. The van der Waals surface area contributed by atoms with E-state index in [1.54, 1.807) is 6.92 Å². The van der Waals surface area contributed by atoms with Crippen LogP contribution >= 0.6 is 0 Å². The summed E-state index contributed by atoms with van der Waals surface area (Å²) in [6.45, 7) is 1.54. The second-order valence-corrected chi connectivity index (χ2v) is 7.82. The van der Waals surface area contributed by atoms with Gasteiger partial charge in [-0.15, -0.1) is 0 Å². The van der Waals surface area contributed by atoms with Gasteiger partial charge in [-0.1, -0.05) is 24.5 Å². The maximum atomic E-state index is 14.1. The van der Waals surface area contributed by atoms with Crippen molar-refractivity contribution < 1.29 is 37.4 Å². The summed E-state index contributed by atoms with van der Waals surface area (Å²) in [5, 5.41) is 19.8. The van der Waals surface area contributed by atoms with Gasteiger partial charge in [-0.25, -0.2) is 9.18 Å². The zero-order chi connectivity index (χ0) is 21.6. The third-order valence-corrected chi connectivity index (χ3v) is 5.58. The van der Waals surface area contributed by atoms with Crippen LogP contribution in [0.25, 0.3) is 0 Å². The molecule has 0 heterocycles. The summed E-state index contributed by atoms with van der Waals surface area (Å²) in [7, 11) is 0. The Hall–Kier alpha value is -2.64. The molecule has 2 aliphatic carbocycles. The first kappa shape index (κ1) is 21.1. The molecule has 2 atom stereocenters. The molecule has 0 aromatic heterocycles. The molecule has 1 saturated carbocycles. The minimum atomic E-state index is -4.86. The van der Waals surface area contributed by atoms with Crippen LogP contribution < -0.4 is 0 Å². The lowest BCUT2D eigenvalue weighted by Crippen LogP contribution is -2.40. The molecular formula is C21H20F4O4. The fraction of sp³-hybridized carbons (Fsp3) is 0.429.